The van der Waals surface area contributed by atoms with Gasteiger partial charge in [-0.05, 0) is 24.6 Å². The van der Waals surface area contributed by atoms with Gasteiger partial charge in [0.05, 0.1) is 5.92 Å². The summed E-state index contributed by atoms with van der Waals surface area (Å²) >= 11 is 0. The van der Waals surface area contributed by atoms with Gasteiger partial charge in [-0.2, -0.15) is 0 Å². The number of hydrogen-bond acceptors (Lipinski definition) is 3. The van der Waals surface area contributed by atoms with Gasteiger partial charge in [0.2, 0.25) is 17.7 Å². The fourth-order valence-electron chi connectivity index (χ4n) is 2.45. The molecule has 1 saturated heterocycles. The van der Waals surface area contributed by atoms with Crippen LogP contribution in [0.3, 0.4) is 0 Å². The molecule has 1 unspecified atom stereocenters. The van der Waals surface area contributed by atoms with E-state index in [0.29, 0.717) is 24.3 Å². The van der Waals surface area contributed by atoms with E-state index in [1.807, 2.05) is 0 Å². The van der Waals surface area contributed by atoms with Crippen LogP contribution in [-0.4, -0.2) is 37.4 Å². The average Bonchev–Trinajstić information content (AvgIpc) is 2.88. The zero-order chi connectivity index (χ0) is 17.0. The number of amides is 3. The third kappa shape index (κ3) is 4.28. The second kappa shape index (κ2) is 7.21. The number of rotatable bonds is 5. The molecule has 6 nitrogen and oxygen atoms in total. The Bertz CT molecular complexity index is 633. The van der Waals surface area contributed by atoms with Crippen molar-refractivity contribution >= 4 is 23.4 Å². The van der Waals surface area contributed by atoms with Crippen LogP contribution in [-0.2, 0) is 14.4 Å². The number of carbonyl (C=O) groups is 3. The lowest BCUT2D eigenvalue weighted by molar-refractivity contribution is -0.126. The van der Waals surface area contributed by atoms with Crippen molar-refractivity contribution in [3.8, 4) is 0 Å². The van der Waals surface area contributed by atoms with Gasteiger partial charge < -0.3 is 15.5 Å². The van der Waals surface area contributed by atoms with Crippen LogP contribution < -0.4 is 15.5 Å². The predicted molar refractivity (Wildman–Crippen MR) is 83.3 cm³/mol. The van der Waals surface area contributed by atoms with Crippen molar-refractivity contribution in [2.45, 2.75) is 20.3 Å². The first kappa shape index (κ1) is 16.9. The summed E-state index contributed by atoms with van der Waals surface area (Å²) in [6.45, 7) is 3.93. The number of anilines is 1. The highest BCUT2D eigenvalue weighted by molar-refractivity contribution is 6.00. The molecule has 0 bridgehead atoms. The summed E-state index contributed by atoms with van der Waals surface area (Å²) < 4.78 is 13.6. The summed E-state index contributed by atoms with van der Waals surface area (Å²) in [5, 5.41) is 5.26. The maximum absolute atomic E-state index is 13.6. The number of benzene rings is 1. The molecule has 23 heavy (non-hydrogen) atoms. The first-order valence-corrected chi connectivity index (χ1v) is 7.47. The van der Waals surface area contributed by atoms with Crippen molar-refractivity contribution in [3.63, 3.8) is 0 Å². The zero-order valence-electron chi connectivity index (χ0n) is 13.2. The van der Waals surface area contributed by atoms with Crippen LogP contribution in [0.15, 0.2) is 18.2 Å². The molecule has 1 aliphatic heterocycles. The first-order chi connectivity index (χ1) is 10.9. The molecule has 7 heteroatoms. The third-order valence-electron chi connectivity index (χ3n) is 3.76. The average molecular weight is 321 g/mol. The minimum Gasteiger partial charge on any atom is -0.355 e. The molecule has 0 radical (unpaired) electrons. The zero-order valence-corrected chi connectivity index (χ0v) is 13.2. The quantitative estimate of drug-likeness (QED) is 0.785. The SMILES string of the molecule is CC(=O)NCCNC(=O)C1CC(=O)N(c2ccc(C)c(F)c2)C1. The first-order valence-electron chi connectivity index (χ1n) is 7.47. The fourth-order valence-corrected chi connectivity index (χ4v) is 2.45. The smallest absolute Gasteiger partial charge is 0.227 e. The molecule has 0 saturated carbocycles. The molecule has 0 spiro atoms. The Kier molecular flexibility index (Phi) is 5.31. The molecule has 2 N–H and O–H groups in total. The fraction of sp³-hybridized carbons (Fsp3) is 0.438. The highest BCUT2D eigenvalue weighted by Gasteiger charge is 2.35. The molecule has 1 aliphatic rings. The molecule has 1 fully saturated rings. The van der Waals surface area contributed by atoms with E-state index in [2.05, 4.69) is 10.6 Å². The number of nitrogens with zero attached hydrogens (tertiary/aromatic N) is 1. The van der Waals surface area contributed by atoms with Gasteiger partial charge in [0, 0.05) is 38.7 Å². The Hall–Kier alpha value is -2.44. The van der Waals surface area contributed by atoms with E-state index in [9.17, 15) is 18.8 Å². The molecule has 3 amide bonds. The highest BCUT2D eigenvalue weighted by atomic mass is 19.1. The summed E-state index contributed by atoms with van der Waals surface area (Å²) in [7, 11) is 0. The van der Waals surface area contributed by atoms with Crippen LogP contribution in [0.25, 0.3) is 0 Å². The van der Waals surface area contributed by atoms with Crippen molar-refractivity contribution in [2.75, 3.05) is 24.5 Å². The van der Waals surface area contributed by atoms with Crippen LogP contribution in [0.4, 0.5) is 10.1 Å². The number of halogens is 1. The lowest BCUT2D eigenvalue weighted by Crippen LogP contribution is -2.37. The summed E-state index contributed by atoms with van der Waals surface area (Å²) in [5.41, 5.74) is 0.972. The lowest BCUT2D eigenvalue weighted by atomic mass is 10.1. The van der Waals surface area contributed by atoms with Crippen molar-refractivity contribution < 1.29 is 18.8 Å². The number of nitrogens with one attached hydrogen (secondary N) is 2. The van der Waals surface area contributed by atoms with Gasteiger partial charge in [0.25, 0.3) is 0 Å². The van der Waals surface area contributed by atoms with Crippen molar-refractivity contribution in [3.05, 3.63) is 29.6 Å². The molecule has 1 aromatic rings. The Morgan fingerprint density at radius 2 is 2.00 bits per heavy atom. The van der Waals surface area contributed by atoms with Gasteiger partial charge in [-0.3, -0.25) is 14.4 Å². The number of aryl methyl sites for hydroxylation is 1. The van der Waals surface area contributed by atoms with E-state index in [-0.39, 0.29) is 36.5 Å². The van der Waals surface area contributed by atoms with Gasteiger partial charge in [0.1, 0.15) is 5.82 Å². The van der Waals surface area contributed by atoms with Gasteiger partial charge in [-0.25, -0.2) is 4.39 Å². The van der Waals surface area contributed by atoms with E-state index < -0.39 is 5.92 Å². The molecule has 1 heterocycles. The Morgan fingerprint density at radius 1 is 1.30 bits per heavy atom. The topological polar surface area (TPSA) is 78.5 Å². The van der Waals surface area contributed by atoms with Gasteiger partial charge in [0.15, 0.2) is 0 Å². The van der Waals surface area contributed by atoms with E-state index >= 15 is 0 Å². The van der Waals surface area contributed by atoms with E-state index in [4.69, 9.17) is 0 Å². The van der Waals surface area contributed by atoms with Crippen molar-refractivity contribution in [1.82, 2.24) is 10.6 Å². The summed E-state index contributed by atoms with van der Waals surface area (Å²) in [4.78, 5) is 36.3. The molecule has 1 atom stereocenters. The third-order valence-corrected chi connectivity index (χ3v) is 3.76. The molecular weight excluding hydrogens is 301 g/mol. The minimum absolute atomic E-state index is 0.0987. The molecule has 124 valence electrons. The Morgan fingerprint density at radius 3 is 2.65 bits per heavy atom. The highest BCUT2D eigenvalue weighted by Crippen LogP contribution is 2.26. The Balaban J connectivity index is 1.92. The number of carbonyl (C=O) groups excluding carboxylic acids is 3. The van der Waals surface area contributed by atoms with Crippen LogP contribution >= 0.6 is 0 Å². The Labute approximate surface area is 134 Å². The van der Waals surface area contributed by atoms with E-state index in [0.717, 1.165) is 0 Å². The minimum atomic E-state index is -0.468. The van der Waals surface area contributed by atoms with Crippen LogP contribution in [0.5, 0.6) is 0 Å². The lowest BCUT2D eigenvalue weighted by Gasteiger charge is -2.17. The maximum Gasteiger partial charge on any atom is 0.227 e. The van der Waals surface area contributed by atoms with Gasteiger partial charge in [-0.15, -0.1) is 0 Å². The molecule has 2 rings (SSSR count). The van der Waals surface area contributed by atoms with Gasteiger partial charge in [-0.1, -0.05) is 6.07 Å². The molecule has 0 aliphatic carbocycles. The van der Waals surface area contributed by atoms with Crippen LogP contribution in [0.2, 0.25) is 0 Å². The monoisotopic (exact) mass is 321 g/mol. The predicted octanol–water partition coefficient (Wildman–Crippen LogP) is 0.739. The molecular formula is C16H20FN3O3. The van der Waals surface area contributed by atoms with E-state index in [1.165, 1.54) is 17.9 Å². The van der Waals surface area contributed by atoms with E-state index in [1.54, 1.807) is 19.1 Å². The van der Waals surface area contributed by atoms with Crippen molar-refractivity contribution in [1.29, 1.82) is 0 Å². The maximum atomic E-state index is 13.6. The molecule has 1 aromatic carbocycles. The molecule has 0 aromatic heterocycles. The number of hydrogen-bond donors (Lipinski definition) is 2. The standard InChI is InChI=1S/C16H20FN3O3/c1-10-3-4-13(8-14(10)17)20-9-12(7-15(20)22)16(23)19-6-5-18-11(2)21/h3-4,8,12H,5-7,9H2,1-2H3,(H,18,21)(H,19,23). The van der Waals surface area contributed by atoms with Gasteiger partial charge >= 0.3 is 0 Å². The van der Waals surface area contributed by atoms with Crippen LogP contribution in [0.1, 0.15) is 18.9 Å². The second-order valence-electron chi connectivity index (χ2n) is 5.61. The summed E-state index contributed by atoms with van der Waals surface area (Å²) in [6.07, 6.45) is 0.0987. The van der Waals surface area contributed by atoms with Crippen molar-refractivity contribution in [2.24, 2.45) is 5.92 Å². The second-order valence-corrected chi connectivity index (χ2v) is 5.61. The summed E-state index contributed by atoms with van der Waals surface area (Å²) in [5.74, 6) is -1.44. The normalized spacial score (nSPS) is 17.3. The largest absolute Gasteiger partial charge is 0.355 e. The van der Waals surface area contributed by atoms with Crippen LogP contribution in [0, 0.1) is 18.7 Å². The summed E-state index contributed by atoms with van der Waals surface area (Å²) in [6, 6.07) is 4.59.